The third-order valence-corrected chi connectivity index (χ3v) is 3.78. The molecule has 0 unspecified atom stereocenters. The Morgan fingerprint density at radius 2 is 1.93 bits per heavy atom. The molecule has 0 aliphatic heterocycles. The molecule has 3 aromatic rings. The summed E-state index contributed by atoms with van der Waals surface area (Å²) in [5.41, 5.74) is 5.87. The largest absolute Gasteiger partial charge is 0.441 e. The van der Waals surface area contributed by atoms with E-state index in [2.05, 4.69) is 10.3 Å². The summed E-state index contributed by atoms with van der Waals surface area (Å²) in [5.74, 6) is -2.10. The van der Waals surface area contributed by atoms with Gasteiger partial charge in [-0.25, -0.2) is 13.8 Å². The second kappa shape index (κ2) is 7.77. The van der Waals surface area contributed by atoms with Gasteiger partial charge in [-0.1, -0.05) is 12.1 Å². The van der Waals surface area contributed by atoms with Crippen LogP contribution < -0.4 is 11.1 Å². The number of hydrogen-bond acceptors (Lipinski definition) is 4. The lowest BCUT2D eigenvalue weighted by Crippen LogP contribution is -2.18. The van der Waals surface area contributed by atoms with Gasteiger partial charge in [-0.2, -0.15) is 0 Å². The third kappa shape index (κ3) is 4.35. The Morgan fingerprint density at radius 3 is 2.67 bits per heavy atom. The Hall–Kier alpha value is -3.55. The molecular weight excluding hydrogens is 356 g/mol. The van der Waals surface area contributed by atoms with Gasteiger partial charge in [0.15, 0.2) is 11.7 Å². The summed E-state index contributed by atoms with van der Waals surface area (Å²) in [7, 11) is 0. The molecule has 0 spiro atoms. The molecule has 0 atom stereocenters. The van der Waals surface area contributed by atoms with Crippen LogP contribution >= 0.6 is 0 Å². The van der Waals surface area contributed by atoms with Gasteiger partial charge in [0.2, 0.25) is 5.91 Å². The smallest absolute Gasteiger partial charge is 0.250 e. The zero-order valence-electron chi connectivity index (χ0n) is 14.0. The van der Waals surface area contributed by atoms with Crippen molar-refractivity contribution in [3.8, 4) is 11.3 Å². The molecule has 0 radical (unpaired) electrons. The van der Waals surface area contributed by atoms with Crippen LogP contribution in [0, 0.1) is 11.6 Å². The number of primary amides is 1. The average Bonchev–Trinajstić information content (AvgIpc) is 3.09. The van der Waals surface area contributed by atoms with Crippen LogP contribution in [0.2, 0.25) is 0 Å². The number of aromatic nitrogens is 1. The monoisotopic (exact) mass is 371 g/mol. The van der Waals surface area contributed by atoms with Crippen LogP contribution in [0.1, 0.15) is 22.7 Å². The second-order valence-corrected chi connectivity index (χ2v) is 5.70. The highest BCUT2D eigenvalue weighted by atomic mass is 19.1. The van der Waals surface area contributed by atoms with E-state index in [4.69, 9.17) is 10.2 Å². The van der Waals surface area contributed by atoms with Gasteiger partial charge >= 0.3 is 0 Å². The van der Waals surface area contributed by atoms with Gasteiger partial charge in [-0.3, -0.25) is 9.59 Å². The predicted molar refractivity (Wildman–Crippen MR) is 93.8 cm³/mol. The normalized spacial score (nSPS) is 10.6. The first-order valence-electron chi connectivity index (χ1n) is 8.03. The van der Waals surface area contributed by atoms with E-state index in [1.54, 1.807) is 18.2 Å². The molecule has 2 aromatic carbocycles. The Balaban J connectivity index is 1.63. The van der Waals surface area contributed by atoms with Crippen molar-refractivity contribution in [1.82, 2.24) is 4.98 Å². The van der Waals surface area contributed by atoms with Crippen molar-refractivity contribution in [2.75, 3.05) is 5.32 Å². The maximum Gasteiger partial charge on any atom is 0.250 e. The number of oxazole rings is 1. The highest BCUT2D eigenvalue weighted by molar-refractivity contribution is 6.02. The maximum atomic E-state index is 13.8. The fourth-order valence-corrected chi connectivity index (χ4v) is 2.48. The number of rotatable bonds is 6. The van der Waals surface area contributed by atoms with Gasteiger partial charge in [0, 0.05) is 18.9 Å². The first kappa shape index (κ1) is 18.2. The van der Waals surface area contributed by atoms with Crippen molar-refractivity contribution in [2.45, 2.75) is 12.8 Å². The molecule has 3 N–H and O–H groups in total. The summed E-state index contributed by atoms with van der Waals surface area (Å²) in [4.78, 5) is 27.5. The molecule has 0 saturated heterocycles. The van der Waals surface area contributed by atoms with E-state index in [0.29, 0.717) is 5.69 Å². The number of carbonyl (C=O) groups is 2. The quantitative estimate of drug-likeness (QED) is 0.695. The van der Waals surface area contributed by atoms with E-state index in [9.17, 15) is 18.4 Å². The second-order valence-electron chi connectivity index (χ2n) is 5.70. The average molecular weight is 371 g/mol. The Labute approximate surface area is 153 Å². The van der Waals surface area contributed by atoms with Crippen molar-refractivity contribution in [1.29, 1.82) is 0 Å². The predicted octanol–water partition coefficient (Wildman–Crippen LogP) is 3.29. The lowest BCUT2D eigenvalue weighted by Gasteiger charge is -2.08. The van der Waals surface area contributed by atoms with Crippen molar-refractivity contribution in [2.24, 2.45) is 5.73 Å². The molecule has 0 fully saturated rings. The van der Waals surface area contributed by atoms with Crippen LogP contribution in [0.4, 0.5) is 14.5 Å². The van der Waals surface area contributed by atoms with Crippen LogP contribution in [0.15, 0.2) is 53.1 Å². The topological polar surface area (TPSA) is 98.2 Å². The highest BCUT2D eigenvalue weighted by Crippen LogP contribution is 2.24. The van der Waals surface area contributed by atoms with Gasteiger partial charge in [0.05, 0.1) is 23.0 Å². The lowest BCUT2D eigenvalue weighted by molar-refractivity contribution is -0.116. The first-order valence-corrected chi connectivity index (χ1v) is 8.03. The number of hydrogen-bond donors (Lipinski definition) is 2. The van der Waals surface area contributed by atoms with E-state index in [0.717, 1.165) is 12.1 Å². The summed E-state index contributed by atoms with van der Waals surface area (Å²) in [6, 6.07) is 9.50. The van der Waals surface area contributed by atoms with E-state index >= 15 is 0 Å². The number of halogens is 2. The van der Waals surface area contributed by atoms with Gasteiger partial charge in [0.25, 0.3) is 5.91 Å². The minimum absolute atomic E-state index is 0.0267. The van der Waals surface area contributed by atoms with Gasteiger partial charge < -0.3 is 15.5 Å². The Morgan fingerprint density at radius 1 is 1.15 bits per heavy atom. The number of para-hydroxylation sites is 1. The van der Waals surface area contributed by atoms with E-state index in [1.807, 2.05) is 0 Å². The minimum Gasteiger partial charge on any atom is -0.441 e. The van der Waals surface area contributed by atoms with Crippen molar-refractivity contribution in [3.05, 3.63) is 71.8 Å². The number of nitrogens with zero attached hydrogens (tertiary/aromatic N) is 1. The number of carbonyl (C=O) groups excluding carboxylic acids is 2. The summed E-state index contributed by atoms with van der Waals surface area (Å²) in [5, 5.41) is 2.61. The highest BCUT2D eigenvalue weighted by Gasteiger charge is 2.14. The molecular formula is C19H15F2N3O3. The Kier molecular flexibility index (Phi) is 5.25. The number of anilines is 1. The van der Waals surface area contributed by atoms with Crippen molar-refractivity contribution in [3.63, 3.8) is 0 Å². The first-order chi connectivity index (χ1) is 12.9. The fraction of sp³-hybridized carbons (Fsp3) is 0.105. The molecule has 1 aromatic heterocycles. The van der Waals surface area contributed by atoms with Crippen LogP contribution in [0.5, 0.6) is 0 Å². The molecule has 0 aliphatic rings. The molecule has 3 rings (SSSR count). The van der Waals surface area contributed by atoms with E-state index < -0.39 is 17.5 Å². The fourth-order valence-electron chi connectivity index (χ4n) is 2.48. The zero-order chi connectivity index (χ0) is 19.4. The van der Waals surface area contributed by atoms with Crippen LogP contribution in [-0.4, -0.2) is 16.8 Å². The molecule has 6 nitrogen and oxygen atoms in total. The van der Waals surface area contributed by atoms with E-state index in [-0.39, 0.29) is 41.5 Å². The molecule has 0 bridgehead atoms. The third-order valence-electron chi connectivity index (χ3n) is 3.78. The van der Waals surface area contributed by atoms with Gasteiger partial charge in [-0.15, -0.1) is 0 Å². The summed E-state index contributed by atoms with van der Waals surface area (Å²) >= 11 is 0. The number of amides is 2. The maximum absolute atomic E-state index is 13.8. The number of nitrogens with two attached hydrogens (primary N) is 1. The molecule has 2 amide bonds. The van der Waals surface area contributed by atoms with Crippen LogP contribution in [-0.2, 0) is 11.2 Å². The molecule has 27 heavy (non-hydrogen) atoms. The van der Waals surface area contributed by atoms with Gasteiger partial charge in [-0.05, 0) is 24.3 Å². The SMILES string of the molecule is NC(=O)c1ccccc1NC(=O)CCc1ncc(-c2ccc(F)cc2F)o1. The van der Waals surface area contributed by atoms with Crippen molar-refractivity contribution < 1.29 is 22.8 Å². The van der Waals surface area contributed by atoms with Crippen LogP contribution in [0.3, 0.4) is 0 Å². The molecule has 0 aliphatic carbocycles. The summed E-state index contributed by atoms with van der Waals surface area (Å²) < 4.78 is 32.2. The zero-order valence-corrected chi connectivity index (χ0v) is 14.0. The number of benzene rings is 2. The molecule has 8 heteroatoms. The van der Waals surface area contributed by atoms with Crippen LogP contribution in [0.25, 0.3) is 11.3 Å². The summed E-state index contributed by atoms with van der Waals surface area (Å²) in [6.07, 6.45) is 1.50. The summed E-state index contributed by atoms with van der Waals surface area (Å²) in [6.45, 7) is 0. The molecule has 0 saturated carbocycles. The Bertz CT molecular complexity index is 1000. The minimum atomic E-state index is -0.765. The standard InChI is InChI=1S/C19H15F2N3O3/c20-11-5-6-12(14(21)9-11)16-10-23-18(27-16)8-7-17(25)24-15-4-2-1-3-13(15)19(22)26/h1-6,9-10H,7-8H2,(H2,22,26)(H,24,25). The number of nitrogens with one attached hydrogen (secondary N) is 1. The van der Waals surface area contributed by atoms with Gasteiger partial charge in [0.1, 0.15) is 11.6 Å². The molecule has 138 valence electrons. The molecule has 1 heterocycles. The lowest BCUT2D eigenvalue weighted by atomic mass is 10.1. The van der Waals surface area contributed by atoms with E-state index in [1.165, 1.54) is 18.3 Å². The number of aryl methyl sites for hydroxylation is 1. The van der Waals surface area contributed by atoms with Crippen molar-refractivity contribution >= 4 is 17.5 Å².